The molecule has 0 saturated heterocycles. The Kier molecular flexibility index (Phi) is 3.61. The highest BCUT2D eigenvalue weighted by molar-refractivity contribution is 6.48. The molecule has 1 aromatic carbocycles. The Morgan fingerprint density at radius 2 is 1.83 bits per heavy atom. The third kappa shape index (κ3) is 3.39. The Morgan fingerprint density at radius 3 is 2.42 bits per heavy atom. The highest BCUT2D eigenvalue weighted by Crippen LogP contribution is 2.01. The second-order valence-corrected chi connectivity index (χ2v) is 5.27. The van der Waals surface area contributed by atoms with Crippen molar-refractivity contribution in [1.29, 1.82) is 0 Å². The first-order valence-electron chi connectivity index (χ1n) is 4.16. The van der Waals surface area contributed by atoms with Gasteiger partial charge in [-0.25, -0.2) is 0 Å². The first kappa shape index (κ1) is 9.07. The van der Waals surface area contributed by atoms with Gasteiger partial charge in [-0.15, -0.1) is 0 Å². The molecule has 0 heterocycles. The fraction of sp³-hybridized carbons (Fsp3) is 0.200. The minimum Gasteiger partial charge on any atom is -0.552 e. The third-order valence-electron chi connectivity index (χ3n) is 1.41. The first-order chi connectivity index (χ1) is 5.79. The summed E-state index contributed by atoms with van der Waals surface area (Å²) in [5, 5.41) is 0. The zero-order chi connectivity index (χ0) is 8.81. The normalized spacial score (nSPS) is 10.9. The van der Waals surface area contributed by atoms with Gasteiger partial charge in [-0.2, -0.15) is 0 Å². The van der Waals surface area contributed by atoms with E-state index in [2.05, 4.69) is 25.2 Å². The molecule has 0 aliphatic rings. The summed E-state index contributed by atoms with van der Waals surface area (Å²) in [4.78, 5) is 0. The van der Waals surface area contributed by atoms with Crippen LogP contribution in [0.4, 0.5) is 0 Å². The van der Waals surface area contributed by atoms with Crippen LogP contribution in [0.25, 0.3) is 6.08 Å². The van der Waals surface area contributed by atoms with E-state index in [9.17, 15) is 0 Å². The van der Waals surface area contributed by atoms with Crippen LogP contribution in [0.3, 0.4) is 0 Å². The van der Waals surface area contributed by atoms with Gasteiger partial charge < -0.3 is 4.43 Å². The molecule has 2 heteroatoms. The summed E-state index contributed by atoms with van der Waals surface area (Å²) in [6.45, 7) is 4.30. The zero-order valence-corrected chi connectivity index (χ0v) is 8.68. The quantitative estimate of drug-likeness (QED) is 0.511. The van der Waals surface area contributed by atoms with Gasteiger partial charge >= 0.3 is 0 Å². The summed E-state index contributed by atoms with van der Waals surface area (Å²) in [5.41, 5.74) is 1.19. The van der Waals surface area contributed by atoms with E-state index in [1.807, 2.05) is 24.3 Å². The molecule has 0 aliphatic carbocycles. The van der Waals surface area contributed by atoms with Crippen molar-refractivity contribution in [2.24, 2.45) is 0 Å². The summed E-state index contributed by atoms with van der Waals surface area (Å²) in [7, 11) is -0.899. The SMILES string of the molecule is C[SiH](C)OC=Cc1ccccc1. The van der Waals surface area contributed by atoms with E-state index >= 15 is 0 Å². The Hall–Kier alpha value is -1.02. The molecule has 12 heavy (non-hydrogen) atoms. The van der Waals surface area contributed by atoms with Gasteiger partial charge in [-0.1, -0.05) is 30.3 Å². The van der Waals surface area contributed by atoms with Crippen LogP contribution in [0.2, 0.25) is 13.1 Å². The van der Waals surface area contributed by atoms with Gasteiger partial charge in [0, 0.05) is 0 Å². The lowest BCUT2D eigenvalue weighted by atomic mass is 10.2. The molecular weight excluding hydrogens is 164 g/mol. The molecule has 1 aromatic rings. The van der Waals surface area contributed by atoms with E-state index in [-0.39, 0.29) is 0 Å². The van der Waals surface area contributed by atoms with Crippen molar-refractivity contribution < 1.29 is 4.43 Å². The minimum atomic E-state index is -0.899. The lowest BCUT2D eigenvalue weighted by Crippen LogP contribution is -2.00. The molecule has 1 rings (SSSR count). The fourth-order valence-electron chi connectivity index (χ4n) is 0.839. The van der Waals surface area contributed by atoms with Crippen molar-refractivity contribution in [2.45, 2.75) is 13.1 Å². The lowest BCUT2D eigenvalue weighted by molar-refractivity contribution is 0.505. The second-order valence-electron chi connectivity index (χ2n) is 2.90. The van der Waals surface area contributed by atoms with Gasteiger partial charge in [0.05, 0.1) is 6.26 Å². The van der Waals surface area contributed by atoms with Crippen LogP contribution in [0.5, 0.6) is 0 Å². The van der Waals surface area contributed by atoms with Crippen molar-refractivity contribution in [3.63, 3.8) is 0 Å². The Balaban J connectivity index is 2.47. The second kappa shape index (κ2) is 4.77. The van der Waals surface area contributed by atoms with Crippen LogP contribution in [0.15, 0.2) is 36.6 Å². The van der Waals surface area contributed by atoms with Crippen molar-refractivity contribution in [2.75, 3.05) is 0 Å². The molecule has 0 amide bonds. The predicted octanol–water partition coefficient (Wildman–Crippen LogP) is 2.66. The minimum absolute atomic E-state index is 0.899. The molecule has 0 spiro atoms. The predicted molar refractivity (Wildman–Crippen MR) is 55.4 cm³/mol. The smallest absolute Gasteiger partial charge is 0.228 e. The zero-order valence-electron chi connectivity index (χ0n) is 7.53. The summed E-state index contributed by atoms with van der Waals surface area (Å²) in [6.07, 6.45) is 3.79. The van der Waals surface area contributed by atoms with Crippen molar-refractivity contribution in [1.82, 2.24) is 0 Å². The van der Waals surface area contributed by atoms with E-state index in [4.69, 9.17) is 4.43 Å². The number of hydrogen-bond donors (Lipinski definition) is 0. The maximum Gasteiger partial charge on any atom is 0.228 e. The van der Waals surface area contributed by atoms with Crippen LogP contribution in [0.1, 0.15) is 5.56 Å². The van der Waals surface area contributed by atoms with E-state index in [0.29, 0.717) is 0 Å². The monoisotopic (exact) mass is 178 g/mol. The topological polar surface area (TPSA) is 9.23 Å². The molecule has 0 bridgehead atoms. The molecular formula is C10H14OSi. The van der Waals surface area contributed by atoms with Crippen LogP contribution in [0, 0.1) is 0 Å². The molecule has 0 atom stereocenters. The van der Waals surface area contributed by atoms with Crippen molar-refractivity contribution in [3.8, 4) is 0 Å². The highest BCUT2D eigenvalue weighted by Gasteiger charge is 1.89. The third-order valence-corrected chi connectivity index (χ3v) is 2.11. The van der Waals surface area contributed by atoms with Crippen LogP contribution >= 0.6 is 0 Å². The highest BCUT2D eigenvalue weighted by atomic mass is 28.3. The van der Waals surface area contributed by atoms with Gasteiger partial charge in [-0.3, -0.25) is 0 Å². The Bertz CT molecular complexity index is 241. The van der Waals surface area contributed by atoms with Crippen molar-refractivity contribution in [3.05, 3.63) is 42.2 Å². The molecule has 1 nitrogen and oxygen atoms in total. The fourth-order valence-corrected chi connectivity index (χ4v) is 1.23. The Morgan fingerprint density at radius 1 is 1.17 bits per heavy atom. The van der Waals surface area contributed by atoms with Gasteiger partial charge in [0.1, 0.15) is 0 Å². The maximum atomic E-state index is 5.40. The van der Waals surface area contributed by atoms with E-state index < -0.39 is 9.04 Å². The number of rotatable bonds is 3. The molecule has 0 aliphatic heterocycles. The Labute approximate surface area is 75.4 Å². The first-order valence-corrected chi connectivity index (χ1v) is 6.94. The van der Waals surface area contributed by atoms with Crippen molar-refractivity contribution >= 4 is 15.1 Å². The van der Waals surface area contributed by atoms with Gasteiger partial charge in [0.15, 0.2) is 0 Å². The average Bonchev–Trinajstić information content (AvgIpc) is 2.05. The van der Waals surface area contributed by atoms with E-state index in [1.165, 1.54) is 5.56 Å². The number of hydrogen-bond acceptors (Lipinski definition) is 1. The molecule has 0 N–H and O–H groups in total. The average molecular weight is 178 g/mol. The summed E-state index contributed by atoms with van der Waals surface area (Å²) < 4.78 is 5.40. The van der Waals surface area contributed by atoms with E-state index in [1.54, 1.807) is 6.26 Å². The molecule has 0 unspecified atom stereocenters. The van der Waals surface area contributed by atoms with Crippen LogP contribution < -0.4 is 0 Å². The standard InChI is InChI=1S/C10H14OSi/c1-12(2)11-9-8-10-6-4-3-5-7-10/h3-9,12H,1-2H3. The molecule has 0 aromatic heterocycles. The molecule has 0 saturated carbocycles. The van der Waals surface area contributed by atoms with E-state index in [0.717, 1.165) is 0 Å². The molecule has 0 fully saturated rings. The van der Waals surface area contributed by atoms with Crippen LogP contribution in [-0.2, 0) is 4.43 Å². The maximum absolute atomic E-state index is 5.40. The lowest BCUT2D eigenvalue weighted by Gasteiger charge is -2.00. The molecule has 0 radical (unpaired) electrons. The van der Waals surface area contributed by atoms with Gasteiger partial charge in [0.2, 0.25) is 9.04 Å². The molecule has 64 valence electrons. The van der Waals surface area contributed by atoms with Crippen LogP contribution in [-0.4, -0.2) is 9.04 Å². The van der Waals surface area contributed by atoms with Gasteiger partial charge in [-0.05, 0) is 24.7 Å². The van der Waals surface area contributed by atoms with Gasteiger partial charge in [0.25, 0.3) is 0 Å². The summed E-state index contributed by atoms with van der Waals surface area (Å²) in [5.74, 6) is 0. The summed E-state index contributed by atoms with van der Waals surface area (Å²) >= 11 is 0. The number of benzene rings is 1. The largest absolute Gasteiger partial charge is 0.552 e. The summed E-state index contributed by atoms with van der Waals surface area (Å²) in [6, 6.07) is 10.2.